The third-order valence-electron chi connectivity index (χ3n) is 1.43. The SMILES string of the molecule is C=C/C=C(\C=C)OCCCC(C)=O.CC. The Hall–Kier alpha value is -1.31. The van der Waals surface area contributed by atoms with E-state index in [2.05, 4.69) is 13.2 Å². The Balaban J connectivity index is 0. The smallest absolute Gasteiger partial charge is 0.129 e. The first-order chi connectivity index (χ1) is 7.20. The number of ketones is 1. The zero-order chi connectivity index (χ0) is 12.1. The van der Waals surface area contributed by atoms with Gasteiger partial charge in [0, 0.05) is 6.42 Å². The summed E-state index contributed by atoms with van der Waals surface area (Å²) in [6, 6.07) is 0. The summed E-state index contributed by atoms with van der Waals surface area (Å²) in [6.45, 7) is 13.3. The van der Waals surface area contributed by atoms with Crippen molar-refractivity contribution in [2.75, 3.05) is 6.61 Å². The summed E-state index contributed by atoms with van der Waals surface area (Å²) >= 11 is 0. The summed E-state index contributed by atoms with van der Waals surface area (Å²) < 4.78 is 5.30. The molecule has 0 aromatic heterocycles. The van der Waals surface area contributed by atoms with E-state index >= 15 is 0 Å². The van der Waals surface area contributed by atoms with Crippen LogP contribution in [0.5, 0.6) is 0 Å². The standard InChI is InChI=1S/C11H16O2.C2H6/c1-4-7-11(5-2)13-9-6-8-10(3)12;1-2/h4-5,7H,1-2,6,8-9H2,3H3;1-2H3/b11-7+;. The predicted molar refractivity (Wildman–Crippen MR) is 65.7 cm³/mol. The van der Waals surface area contributed by atoms with E-state index in [4.69, 9.17) is 4.74 Å². The molecule has 0 heterocycles. The van der Waals surface area contributed by atoms with Crippen LogP contribution in [0, 0.1) is 0 Å². The van der Waals surface area contributed by atoms with Crippen LogP contribution in [0.15, 0.2) is 37.1 Å². The molecule has 0 saturated heterocycles. The summed E-state index contributed by atoms with van der Waals surface area (Å²) in [6.07, 6.45) is 6.31. The lowest BCUT2D eigenvalue weighted by Crippen LogP contribution is -1.97. The highest BCUT2D eigenvalue weighted by Gasteiger charge is 1.94. The fourth-order valence-corrected chi connectivity index (χ4v) is 0.802. The molecule has 0 amide bonds. The number of ether oxygens (including phenoxy) is 1. The van der Waals surface area contributed by atoms with Crippen molar-refractivity contribution in [2.45, 2.75) is 33.6 Å². The van der Waals surface area contributed by atoms with Gasteiger partial charge in [0.15, 0.2) is 0 Å². The van der Waals surface area contributed by atoms with E-state index in [1.54, 1.807) is 25.2 Å². The fourth-order valence-electron chi connectivity index (χ4n) is 0.802. The van der Waals surface area contributed by atoms with Crippen molar-refractivity contribution in [1.82, 2.24) is 0 Å². The second-order valence-corrected chi connectivity index (χ2v) is 2.66. The predicted octanol–water partition coefficient (Wildman–Crippen LogP) is 3.65. The van der Waals surface area contributed by atoms with Crippen molar-refractivity contribution >= 4 is 5.78 Å². The molecule has 0 radical (unpaired) electrons. The number of allylic oxidation sites excluding steroid dienone is 3. The van der Waals surface area contributed by atoms with E-state index in [0.29, 0.717) is 18.8 Å². The first kappa shape index (κ1) is 16.1. The molecule has 0 fully saturated rings. The van der Waals surface area contributed by atoms with Gasteiger partial charge in [-0.3, -0.25) is 0 Å². The third kappa shape index (κ3) is 12.7. The Morgan fingerprint density at radius 3 is 2.33 bits per heavy atom. The van der Waals surface area contributed by atoms with Crippen LogP contribution in [0.1, 0.15) is 33.6 Å². The lowest BCUT2D eigenvalue weighted by molar-refractivity contribution is -0.117. The average Bonchev–Trinajstić information content (AvgIpc) is 2.25. The van der Waals surface area contributed by atoms with Crippen molar-refractivity contribution < 1.29 is 9.53 Å². The highest BCUT2D eigenvalue weighted by atomic mass is 16.5. The quantitative estimate of drug-likeness (QED) is 0.364. The number of rotatable bonds is 7. The first-order valence-corrected chi connectivity index (χ1v) is 5.28. The largest absolute Gasteiger partial charge is 0.494 e. The van der Waals surface area contributed by atoms with Crippen molar-refractivity contribution in [3.8, 4) is 0 Å². The maximum absolute atomic E-state index is 10.6. The molecule has 0 bridgehead atoms. The van der Waals surface area contributed by atoms with Crippen LogP contribution in [-0.2, 0) is 9.53 Å². The van der Waals surface area contributed by atoms with Crippen molar-refractivity contribution in [3.63, 3.8) is 0 Å². The molecule has 15 heavy (non-hydrogen) atoms. The molecule has 2 heteroatoms. The van der Waals surface area contributed by atoms with Crippen LogP contribution in [0.4, 0.5) is 0 Å². The first-order valence-electron chi connectivity index (χ1n) is 5.28. The van der Waals surface area contributed by atoms with Gasteiger partial charge in [0.2, 0.25) is 0 Å². The van der Waals surface area contributed by atoms with Crippen LogP contribution in [-0.4, -0.2) is 12.4 Å². The molecule has 86 valence electrons. The minimum atomic E-state index is 0.191. The lowest BCUT2D eigenvalue weighted by atomic mass is 10.2. The maximum atomic E-state index is 10.6. The van der Waals surface area contributed by atoms with Crippen LogP contribution >= 0.6 is 0 Å². The summed E-state index contributed by atoms with van der Waals surface area (Å²) in [4.78, 5) is 10.6. The Morgan fingerprint density at radius 2 is 1.93 bits per heavy atom. The molecule has 0 saturated carbocycles. The van der Waals surface area contributed by atoms with E-state index in [-0.39, 0.29) is 5.78 Å². The monoisotopic (exact) mass is 210 g/mol. The van der Waals surface area contributed by atoms with Crippen LogP contribution in [0.3, 0.4) is 0 Å². The van der Waals surface area contributed by atoms with Gasteiger partial charge >= 0.3 is 0 Å². The highest BCUT2D eigenvalue weighted by molar-refractivity contribution is 5.75. The molecule has 0 N–H and O–H groups in total. The van der Waals surface area contributed by atoms with Crippen molar-refractivity contribution in [3.05, 3.63) is 37.1 Å². The van der Waals surface area contributed by atoms with E-state index in [1.807, 2.05) is 13.8 Å². The Morgan fingerprint density at radius 1 is 1.33 bits per heavy atom. The topological polar surface area (TPSA) is 26.3 Å². The van der Waals surface area contributed by atoms with Crippen LogP contribution in [0.25, 0.3) is 0 Å². The van der Waals surface area contributed by atoms with E-state index in [0.717, 1.165) is 6.42 Å². The van der Waals surface area contributed by atoms with Gasteiger partial charge in [-0.15, -0.1) is 0 Å². The zero-order valence-corrected chi connectivity index (χ0v) is 10.1. The van der Waals surface area contributed by atoms with Gasteiger partial charge in [0.25, 0.3) is 0 Å². The summed E-state index contributed by atoms with van der Waals surface area (Å²) in [7, 11) is 0. The Labute approximate surface area is 93.3 Å². The van der Waals surface area contributed by atoms with Crippen LogP contribution < -0.4 is 0 Å². The molecule has 2 nitrogen and oxygen atoms in total. The van der Waals surface area contributed by atoms with E-state index < -0.39 is 0 Å². The van der Waals surface area contributed by atoms with Gasteiger partial charge in [0.05, 0.1) is 6.61 Å². The van der Waals surface area contributed by atoms with Gasteiger partial charge in [0.1, 0.15) is 11.5 Å². The van der Waals surface area contributed by atoms with Crippen molar-refractivity contribution in [1.29, 1.82) is 0 Å². The minimum Gasteiger partial charge on any atom is -0.494 e. The molecule has 0 spiro atoms. The normalized spacial score (nSPS) is 9.67. The van der Waals surface area contributed by atoms with Gasteiger partial charge in [-0.25, -0.2) is 0 Å². The molecule has 0 aliphatic carbocycles. The molecule has 0 aromatic carbocycles. The van der Waals surface area contributed by atoms with Gasteiger partial charge in [-0.1, -0.05) is 33.1 Å². The molecule has 0 rings (SSSR count). The Kier molecular flexibility index (Phi) is 13.6. The summed E-state index contributed by atoms with van der Waals surface area (Å²) in [5.74, 6) is 0.884. The molecule has 0 aliphatic rings. The minimum absolute atomic E-state index is 0.191. The zero-order valence-electron chi connectivity index (χ0n) is 10.1. The van der Waals surface area contributed by atoms with E-state index in [1.165, 1.54) is 0 Å². The number of carbonyl (C=O) groups excluding carboxylic acids is 1. The number of hydrogen-bond acceptors (Lipinski definition) is 2. The Bertz CT molecular complexity index is 215. The number of Topliss-reactive ketones (excluding diaryl/α,β-unsaturated/α-hetero) is 1. The summed E-state index contributed by atoms with van der Waals surface area (Å²) in [5, 5.41) is 0. The number of carbonyl (C=O) groups is 1. The molecule has 0 unspecified atom stereocenters. The molecule has 0 atom stereocenters. The van der Waals surface area contributed by atoms with Crippen LogP contribution in [0.2, 0.25) is 0 Å². The second-order valence-electron chi connectivity index (χ2n) is 2.66. The second kappa shape index (κ2) is 12.7. The highest BCUT2D eigenvalue weighted by Crippen LogP contribution is 2.01. The van der Waals surface area contributed by atoms with E-state index in [9.17, 15) is 4.79 Å². The lowest BCUT2D eigenvalue weighted by Gasteiger charge is -2.04. The van der Waals surface area contributed by atoms with Crippen molar-refractivity contribution in [2.24, 2.45) is 0 Å². The maximum Gasteiger partial charge on any atom is 0.129 e. The molecular weight excluding hydrogens is 188 g/mol. The molecule has 0 aliphatic heterocycles. The van der Waals surface area contributed by atoms with Gasteiger partial charge < -0.3 is 9.53 Å². The molecular formula is C13H22O2. The number of hydrogen-bond donors (Lipinski definition) is 0. The average molecular weight is 210 g/mol. The molecule has 0 aromatic rings. The fraction of sp³-hybridized carbons (Fsp3) is 0.462. The van der Waals surface area contributed by atoms with Gasteiger partial charge in [-0.2, -0.15) is 0 Å². The summed E-state index contributed by atoms with van der Waals surface area (Å²) in [5.41, 5.74) is 0. The third-order valence-corrected chi connectivity index (χ3v) is 1.43. The van der Waals surface area contributed by atoms with Gasteiger partial charge in [-0.05, 0) is 25.5 Å².